The Morgan fingerprint density at radius 2 is 1.79 bits per heavy atom. The van der Waals surface area contributed by atoms with Crippen LogP contribution < -0.4 is 15.0 Å². The average molecular weight is 660 g/mol. The van der Waals surface area contributed by atoms with Crippen molar-refractivity contribution in [3.05, 3.63) is 54.0 Å². The third-order valence-corrected chi connectivity index (χ3v) is 10.3. The minimum absolute atomic E-state index is 0.0249. The number of anilines is 1. The van der Waals surface area contributed by atoms with E-state index in [2.05, 4.69) is 16.4 Å². The highest BCUT2D eigenvalue weighted by molar-refractivity contribution is 5.94. The number of methoxy groups -OCH3 is 1. The largest absolute Gasteiger partial charge is 0.495 e. The topological polar surface area (TPSA) is 140 Å². The van der Waals surface area contributed by atoms with Crippen molar-refractivity contribution in [3.63, 3.8) is 0 Å². The number of hydrogen-bond donors (Lipinski definition) is 2. The Bertz CT molecular complexity index is 1550. The van der Waals surface area contributed by atoms with E-state index in [1.165, 1.54) is 0 Å². The SMILES string of the molecule is COc1ccc(C2CCC(CN(C(=O)C3CCC(OC(=O)NC4CC(O)C4)CC3)c3cc(-c4coc(C(C)C)n4)ccn3)CC2)nc1C. The molecule has 0 saturated heterocycles. The molecule has 6 rings (SSSR count). The maximum atomic E-state index is 14.3. The number of aliphatic hydroxyl groups is 1. The summed E-state index contributed by atoms with van der Waals surface area (Å²) in [7, 11) is 1.67. The average Bonchev–Trinajstić information content (AvgIpc) is 3.58. The molecule has 3 aliphatic carbocycles. The van der Waals surface area contributed by atoms with Crippen LogP contribution in [0.4, 0.5) is 10.6 Å². The van der Waals surface area contributed by atoms with E-state index in [9.17, 15) is 14.7 Å². The van der Waals surface area contributed by atoms with E-state index < -0.39 is 6.09 Å². The molecule has 3 aliphatic rings. The number of oxazole rings is 1. The van der Waals surface area contributed by atoms with Crippen LogP contribution in [0.2, 0.25) is 0 Å². The molecule has 0 aliphatic heterocycles. The molecular formula is C37H49N5O6. The number of nitrogens with one attached hydrogen (secondary N) is 1. The summed E-state index contributed by atoms with van der Waals surface area (Å²) in [6.45, 7) is 6.66. The molecule has 11 heteroatoms. The standard InChI is InChI=1S/C37H49N5O6/c1-22(2)35-41-32(21-47-35)27-15-16-38-34(17-27)42(20-24-5-7-25(8-6-24)31-13-14-33(46-4)23(3)39-31)36(44)26-9-11-30(12-10-26)48-37(45)40-28-18-29(43)19-28/h13-17,21-22,24-26,28-30,43H,5-12,18-20H2,1-4H3,(H,40,45). The van der Waals surface area contributed by atoms with Gasteiger partial charge in [0.05, 0.1) is 18.9 Å². The summed E-state index contributed by atoms with van der Waals surface area (Å²) in [5.74, 6) is 2.89. The van der Waals surface area contributed by atoms with Crippen LogP contribution in [0.15, 0.2) is 41.1 Å². The number of ether oxygens (including phenoxy) is 2. The molecule has 3 aromatic rings. The fourth-order valence-electron chi connectivity index (χ4n) is 7.32. The summed E-state index contributed by atoms with van der Waals surface area (Å²) in [5, 5.41) is 12.3. The molecule has 0 unspecified atom stereocenters. The molecule has 3 heterocycles. The van der Waals surface area contributed by atoms with E-state index in [4.69, 9.17) is 23.9 Å². The van der Waals surface area contributed by atoms with Gasteiger partial charge in [-0.15, -0.1) is 0 Å². The van der Waals surface area contributed by atoms with Crippen LogP contribution in [-0.2, 0) is 9.53 Å². The highest BCUT2D eigenvalue weighted by Gasteiger charge is 2.35. The van der Waals surface area contributed by atoms with Crippen LogP contribution in [0, 0.1) is 18.8 Å². The van der Waals surface area contributed by atoms with Gasteiger partial charge in [0, 0.05) is 47.8 Å². The molecule has 0 atom stereocenters. The van der Waals surface area contributed by atoms with Gasteiger partial charge < -0.3 is 24.3 Å². The minimum Gasteiger partial charge on any atom is -0.495 e. The fraction of sp³-hybridized carbons (Fsp3) is 0.595. The predicted molar refractivity (Wildman–Crippen MR) is 181 cm³/mol. The first-order chi connectivity index (χ1) is 23.2. The van der Waals surface area contributed by atoms with Gasteiger partial charge in [0.2, 0.25) is 5.91 Å². The zero-order chi connectivity index (χ0) is 33.8. The Kier molecular flexibility index (Phi) is 10.6. The van der Waals surface area contributed by atoms with Crippen molar-refractivity contribution >= 4 is 17.8 Å². The second-order valence-electron chi connectivity index (χ2n) is 14.2. The van der Waals surface area contributed by atoms with Gasteiger partial charge in [0.25, 0.3) is 0 Å². The van der Waals surface area contributed by atoms with Gasteiger partial charge in [-0.2, -0.15) is 0 Å². The van der Waals surface area contributed by atoms with Crippen molar-refractivity contribution < 1.29 is 28.6 Å². The van der Waals surface area contributed by atoms with E-state index in [0.717, 1.165) is 54.1 Å². The highest BCUT2D eigenvalue weighted by Crippen LogP contribution is 2.38. The number of aryl methyl sites for hydroxylation is 1. The molecular weight excluding hydrogens is 610 g/mol. The zero-order valence-electron chi connectivity index (χ0n) is 28.6. The lowest BCUT2D eigenvalue weighted by atomic mass is 9.79. The van der Waals surface area contributed by atoms with Gasteiger partial charge in [-0.1, -0.05) is 13.8 Å². The van der Waals surface area contributed by atoms with Crippen molar-refractivity contribution in [1.29, 1.82) is 0 Å². The number of pyridine rings is 2. The molecule has 2 amide bonds. The Hall–Kier alpha value is -3.99. The number of aliphatic hydroxyl groups excluding tert-OH is 1. The van der Waals surface area contributed by atoms with Gasteiger partial charge in [0.1, 0.15) is 29.6 Å². The zero-order valence-corrected chi connectivity index (χ0v) is 28.6. The number of amides is 2. The van der Waals surface area contributed by atoms with Crippen LogP contribution in [-0.4, -0.2) is 64.0 Å². The van der Waals surface area contributed by atoms with Gasteiger partial charge in [0.15, 0.2) is 5.89 Å². The second kappa shape index (κ2) is 15.1. The summed E-state index contributed by atoms with van der Waals surface area (Å²) >= 11 is 0. The highest BCUT2D eigenvalue weighted by atomic mass is 16.6. The molecule has 3 aromatic heterocycles. The first kappa shape index (κ1) is 33.9. The number of carbonyl (C=O) groups is 2. The van der Waals surface area contributed by atoms with Gasteiger partial charge in [-0.05, 0) is 101 Å². The molecule has 0 aromatic carbocycles. The molecule has 11 nitrogen and oxygen atoms in total. The quantitative estimate of drug-likeness (QED) is 0.244. The molecule has 3 saturated carbocycles. The maximum Gasteiger partial charge on any atom is 0.407 e. The summed E-state index contributed by atoms with van der Waals surface area (Å²) in [6, 6.07) is 7.92. The van der Waals surface area contributed by atoms with Crippen LogP contribution in [0.25, 0.3) is 11.3 Å². The molecule has 2 N–H and O–H groups in total. The second-order valence-corrected chi connectivity index (χ2v) is 14.2. The van der Waals surface area contributed by atoms with Crippen molar-refractivity contribution in [1.82, 2.24) is 20.3 Å². The smallest absolute Gasteiger partial charge is 0.407 e. The Labute approximate surface area is 282 Å². The first-order valence-corrected chi connectivity index (χ1v) is 17.6. The molecule has 0 bridgehead atoms. The molecule has 0 radical (unpaired) electrons. The molecule has 48 heavy (non-hydrogen) atoms. The summed E-state index contributed by atoms with van der Waals surface area (Å²) in [5.41, 5.74) is 3.61. The van der Waals surface area contributed by atoms with E-state index in [0.29, 0.717) is 68.6 Å². The maximum absolute atomic E-state index is 14.3. The van der Waals surface area contributed by atoms with Crippen LogP contribution in [0.3, 0.4) is 0 Å². The number of alkyl carbamates (subject to hydrolysis) is 1. The number of nitrogens with zero attached hydrogens (tertiary/aromatic N) is 4. The van der Waals surface area contributed by atoms with Crippen LogP contribution in [0.1, 0.15) is 107 Å². The minimum atomic E-state index is -0.437. The Morgan fingerprint density at radius 1 is 1.04 bits per heavy atom. The molecule has 3 fully saturated rings. The van der Waals surface area contributed by atoms with Gasteiger partial charge in [-0.25, -0.2) is 14.8 Å². The van der Waals surface area contributed by atoms with Crippen molar-refractivity contribution in [3.8, 4) is 17.0 Å². The van der Waals surface area contributed by atoms with E-state index in [1.54, 1.807) is 19.6 Å². The Balaban J connectivity index is 1.13. The summed E-state index contributed by atoms with van der Waals surface area (Å²) < 4.78 is 16.8. The van der Waals surface area contributed by atoms with Gasteiger partial charge >= 0.3 is 6.09 Å². The lowest BCUT2D eigenvalue weighted by Crippen LogP contribution is -2.48. The van der Waals surface area contributed by atoms with Crippen LogP contribution >= 0.6 is 0 Å². The van der Waals surface area contributed by atoms with Crippen molar-refractivity contribution in [2.24, 2.45) is 11.8 Å². The fourth-order valence-corrected chi connectivity index (χ4v) is 7.32. The van der Waals surface area contributed by atoms with Crippen molar-refractivity contribution in [2.75, 3.05) is 18.6 Å². The Morgan fingerprint density at radius 3 is 2.44 bits per heavy atom. The predicted octanol–water partition coefficient (Wildman–Crippen LogP) is 6.69. The van der Waals surface area contributed by atoms with E-state index >= 15 is 0 Å². The van der Waals surface area contributed by atoms with Crippen molar-refractivity contribution in [2.45, 2.75) is 115 Å². The lowest BCUT2D eigenvalue weighted by molar-refractivity contribution is -0.124. The van der Waals surface area contributed by atoms with E-state index in [-0.39, 0.29) is 36.0 Å². The normalized spacial score (nSPS) is 25.6. The summed E-state index contributed by atoms with van der Waals surface area (Å²) in [4.78, 5) is 42.8. The molecule has 258 valence electrons. The third-order valence-electron chi connectivity index (χ3n) is 10.3. The monoisotopic (exact) mass is 659 g/mol. The van der Waals surface area contributed by atoms with Gasteiger partial charge in [-0.3, -0.25) is 14.7 Å². The summed E-state index contributed by atoms with van der Waals surface area (Å²) in [6.07, 6.45) is 10.1. The third kappa shape index (κ3) is 7.99. The molecule has 0 spiro atoms. The first-order valence-electron chi connectivity index (χ1n) is 17.6. The number of hydrogen-bond acceptors (Lipinski definition) is 9. The van der Waals surface area contributed by atoms with Crippen LogP contribution in [0.5, 0.6) is 5.75 Å². The lowest BCUT2D eigenvalue weighted by Gasteiger charge is -2.36. The van der Waals surface area contributed by atoms with E-state index in [1.807, 2.05) is 43.9 Å². The number of aromatic nitrogens is 3. The number of carbonyl (C=O) groups excluding carboxylic acids is 2. The number of rotatable bonds is 10.